The summed E-state index contributed by atoms with van der Waals surface area (Å²) in [5.41, 5.74) is 8.10. The summed E-state index contributed by atoms with van der Waals surface area (Å²) in [7, 11) is 0. The van der Waals surface area contributed by atoms with Gasteiger partial charge >= 0.3 is 0 Å². The van der Waals surface area contributed by atoms with E-state index in [2.05, 4.69) is 25.5 Å². The van der Waals surface area contributed by atoms with Crippen LogP contribution in [-0.2, 0) is 4.74 Å². The van der Waals surface area contributed by atoms with Crippen molar-refractivity contribution in [2.45, 2.75) is 24.5 Å². The van der Waals surface area contributed by atoms with E-state index in [4.69, 9.17) is 33.7 Å². The fourth-order valence-electron chi connectivity index (χ4n) is 3.18. The Kier molecular flexibility index (Phi) is 5.83. The van der Waals surface area contributed by atoms with Gasteiger partial charge in [0.05, 0.1) is 17.8 Å². The summed E-state index contributed by atoms with van der Waals surface area (Å²) in [4.78, 5) is 22.8. The number of hydrogen-bond donors (Lipinski definition) is 6. The summed E-state index contributed by atoms with van der Waals surface area (Å²) in [6.07, 6.45) is -3.72. The van der Waals surface area contributed by atoms with Crippen LogP contribution in [0.25, 0.3) is 11.2 Å². The minimum absolute atomic E-state index is 0.0154. The quantitative estimate of drug-likeness (QED) is 0.222. The molecular weight excluding hydrogens is 453 g/mol. The number of benzene rings is 1. The van der Waals surface area contributed by atoms with Gasteiger partial charge in [-0.1, -0.05) is 29.3 Å². The van der Waals surface area contributed by atoms with Crippen LogP contribution in [-0.4, -0.2) is 66.0 Å². The topological polar surface area (TPSA) is 184 Å². The summed E-state index contributed by atoms with van der Waals surface area (Å²) in [6, 6.07) is 4.83. The van der Waals surface area contributed by atoms with Crippen LogP contribution >= 0.6 is 23.2 Å². The third kappa shape index (κ3) is 3.96. The van der Waals surface area contributed by atoms with Crippen molar-refractivity contribution >= 4 is 52.5 Å². The van der Waals surface area contributed by atoms with E-state index >= 15 is 0 Å². The van der Waals surface area contributed by atoms with E-state index in [0.29, 0.717) is 15.6 Å². The van der Waals surface area contributed by atoms with Crippen LogP contribution < -0.4 is 16.7 Å². The van der Waals surface area contributed by atoms with E-state index in [1.165, 1.54) is 10.8 Å². The number of nitrogens with one attached hydrogen (secondary N) is 2. The lowest BCUT2D eigenvalue weighted by Crippen LogP contribution is -2.33. The number of halogens is 2. The first-order chi connectivity index (χ1) is 14.8. The highest BCUT2D eigenvalue weighted by molar-refractivity contribution is 6.36. The summed E-state index contributed by atoms with van der Waals surface area (Å²) >= 11 is 12.0. The van der Waals surface area contributed by atoms with Crippen molar-refractivity contribution in [1.29, 1.82) is 0 Å². The third-order valence-corrected chi connectivity index (χ3v) is 5.23. The number of H-pyrrole nitrogens is 1. The Balaban J connectivity index is 1.76. The highest BCUT2D eigenvalue weighted by Crippen LogP contribution is 2.34. The first-order valence-corrected chi connectivity index (χ1v) is 9.70. The molecule has 3 heterocycles. The van der Waals surface area contributed by atoms with Crippen molar-refractivity contribution in [1.82, 2.24) is 19.5 Å². The number of aliphatic hydroxyl groups is 3. The highest BCUT2D eigenvalue weighted by Gasteiger charge is 2.45. The van der Waals surface area contributed by atoms with E-state index in [9.17, 15) is 20.1 Å². The molecule has 1 aliphatic heterocycles. The second-order valence-corrected chi connectivity index (χ2v) is 7.54. The van der Waals surface area contributed by atoms with Gasteiger partial charge in [0, 0.05) is 10.6 Å². The Bertz CT molecular complexity index is 1210. The van der Waals surface area contributed by atoms with E-state index in [1.54, 1.807) is 18.2 Å². The van der Waals surface area contributed by atoms with Crippen LogP contribution in [0, 0.1) is 0 Å². The van der Waals surface area contributed by atoms with Gasteiger partial charge in [0.25, 0.3) is 5.56 Å². The molecule has 3 aromatic rings. The number of nitrogens with two attached hydrogens (primary N) is 1. The van der Waals surface area contributed by atoms with Crippen molar-refractivity contribution < 1.29 is 20.1 Å². The Morgan fingerprint density at radius 1 is 1.32 bits per heavy atom. The summed E-state index contributed by atoms with van der Waals surface area (Å²) in [5, 5.41) is 34.8. The number of nitrogen functional groups attached to an aromatic ring is 1. The minimum atomic E-state index is -1.45. The third-order valence-electron chi connectivity index (χ3n) is 4.67. The van der Waals surface area contributed by atoms with Crippen LogP contribution in [0.5, 0.6) is 0 Å². The standard InChI is InChI=1S/C17H17Cl2N7O5/c18-7-2-1-6(8(19)3-7)4-21-25-17-22-10-13(23-16(20)24-14(10)30)26(17)15-12(29)11(28)9(5-27)31-15/h1-4,9,11-12,15,27-29H,5H2,(H,22,25)(H3,20,23,24,30)/b21-4+. The van der Waals surface area contributed by atoms with Gasteiger partial charge in [-0.2, -0.15) is 10.1 Å². The van der Waals surface area contributed by atoms with Crippen LogP contribution in [0.15, 0.2) is 28.1 Å². The molecule has 0 saturated carbocycles. The second-order valence-electron chi connectivity index (χ2n) is 6.69. The van der Waals surface area contributed by atoms with Crippen molar-refractivity contribution in [2.75, 3.05) is 17.8 Å². The van der Waals surface area contributed by atoms with Gasteiger partial charge in [0.2, 0.25) is 11.9 Å². The minimum Gasteiger partial charge on any atom is -0.394 e. The normalized spacial score (nSPS) is 23.8. The molecule has 1 saturated heterocycles. The Morgan fingerprint density at radius 2 is 2.10 bits per heavy atom. The van der Waals surface area contributed by atoms with Gasteiger partial charge in [-0.3, -0.25) is 14.3 Å². The lowest BCUT2D eigenvalue weighted by atomic mass is 10.1. The maximum absolute atomic E-state index is 12.3. The number of hydrogen-bond acceptors (Lipinski definition) is 10. The second kappa shape index (κ2) is 8.42. The zero-order chi connectivity index (χ0) is 22.3. The number of fused-ring (bicyclic) bond motifs is 1. The first-order valence-electron chi connectivity index (χ1n) is 8.94. The number of ether oxygens (including phenoxy) is 1. The molecule has 164 valence electrons. The number of aromatic nitrogens is 4. The molecule has 0 bridgehead atoms. The molecule has 0 spiro atoms. The van der Waals surface area contributed by atoms with Gasteiger partial charge in [0.1, 0.15) is 18.3 Å². The van der Waals surface area contributed by atoms with Crippen LogP contribution in [0.1, 0.15) is 11.8 Å². The molecule has 4 unspecified atom stereocenters. The van der Waals surface area contributed by atoms with Crippen molar-refractivity contribution in [3.05, 3.63) is 44.2 Å². The van der Waals surface area contributed by atoms with E-state index in [0.717, 1.165) is 0 Å². The van der Waals surface area contributed by atoms with E-state index < -0.39 is 36.7 Å². The van der Waals surface area contributed by atoms with Crippen LogP contribution in [0.4, 0.5) is 11.9 Å². The predicted molar refractivity (Wildman–Crippen MR) is 113 cm³/mol. The molecule has 7 N–H and O–H groups in total. The van der Waals surface area contributed by atoms with Gasteiger partial charge in [0.15, 0.2) is 17.4 Å². The monoisotopic (exact) mass is 469 g/mol. The van der Waals surface area contributed by atoms with Gasteiger partial charge in [-0.25, -0.2) is 10.4 Å². The zero-order valence-electron chi connectivity index (χ0n) is 15.6. The molecule has 31 heavy (non-hydrogen) atoms. The smallest absolute Gasteiger partial charge is 0.280 e. The number of rotatable bonds is 5. The largest absolute Gasteiger partial charge is 0.394 e. The van der Waals surface area contributed by atoms with Crippen molar-refractivity contribution in [3.63, 3.8) is 0 Å². The fourth-order valence-corrected chi connectivity index (χ4v) is 3.64. The molecule has 0 aliphatic carbocycles. The van der Waals surface area contributed by atoms with Gasteiger partial charge in [-0.15, -0.1) is 0 Å². The fraction of sp³-hybridized carbons (Fsp3) is 0.294. The van der Waals surface area contributed by atoms with E-state index in [-0.39, 0.29) is 23.1 Å². The molecule has 0 amide bonds. The molecule has 1 aromatic carbocycles. The van der Waals surface area contributed by atoms with Gasteiger partial charge in [-0.05, 0) is 12.1 Å². The number of hydrazone groups is 1. The number of anilines is 2. The average Bonchev–Trinajstić information content (AvgIpc) is 3.21. The Labute approximate surface area is 183 Å². The first kappa shape index (κ1) is 21.5. The summed E-state index contributed by atoms with van der Waals surface area (Å²) < 4.78 is 6.78. The molecule has 14 heteroatoms. The molecule has 0 radical (unpaired) electrons. The average molecular weight is 470 g/mol. The molecule has 1 aliphatic rings. The maximum Gasteiger partial charge on any atom is 0.280 e. The number of nitrogens with zero attached hydrogens (tertiary/aromatic N) is 4. The summed E-state index contributed by atoms with van der Waals surface area (Å²) in [5.74, 6) is -0.219. The molecular formula is C17H17Cl2N7O5. The molecule has 4 rings (SSSR count). The molecule has 4 atom stereocenters. The highest BCUT2D eigenvalue weighted by atomic mass is 35.5. The lowest BCUT2D eigenvalue weighted by molar-refractivity contribution is -0.0501. The van der Waals surface area contributed by atoms with E-state index in [1.807, 2.05) is 0 Å². The van der Waals surface area contributed by atoms with Crippen LogP contribution in [0.3, 0.4) is 0 Å². The van der Waals surface area contributed by atoms with Gasteiger partial charge < -0.3 is 25.8 Å². The lowest BCUT2D eigenvalue weighted by Gasteiger charge is -2.18. The predicted octanol–water partition coefficient (Wildman–Crippen LogP) is 0.0661. The maximum atomic E-state index is 12.3. The Hall–Kier alpha value is -2.74. The Morgan fingerprint density at radius 3 is 2.77 bits per heavy atom. The number of aromatic amines is 1. The SMILES string of the molecule is Nc1nc2c(nc(N/N=C/c3ccc(Cl)cc3Cl)n2C2OC(CO)C(O)C2O)c(=O)[nH]1. The van der Waals surface area contributed by atoms with Crippen molar-refractivity contribution in [2.24, 2.45) is 5.10 Å². The number of aliphatic hydroxyl groups excluding tert-OH is 3. The zero-order valence-corrected chi connectivity index (χ0v) is 17.1. The molecule has 2 aromatic heterocycles. The van der Waals surface area contributed by atoms with Crippen LogP contribution in [0.2, 0.25) is 10.0 Å². The summed E-state index contributed by atoms with van der Waals surface area (Å²) in [6.45, 7) is -0.534. The molecule has 1 fully saturated rings. The molecule has 12 nitrogen and oxygen atoms in total. The number of imidazole rings is 1. The van der Waals surface area contributed by atoms with Crippen molar-refractivity contribution in [3.8, 4) is 0 Å².